The van der Waals surface area contributed by atoms with E-state index < -0.39 is 6.10 Å². The van der Waals surface area contributed by atoms with Crippen molar-refractivity contribution in [1.29, 1.82) is 0 Å². The Morgan fingerprint density at radius 1 is 1.14 bits per heavy atom. The van der Waals surface area contributed by atoms with E-state index in [1.807, 2.05) is 36.4 Å². The number of aliphatic hydroxyl groups is 1. The number of β-amino-alcohol motifs (C(OH)–C–C–N with tert-alkyl or cyclic N) is 1. The normalized spacial score (nSPS) is 16.1. The van der Waals surface area contributed by atoms with E-state index in [0.29, 0.717) is 26.1 Å². The molecule has 152 valence electrons. The van der Waals surface area contributed by atoms with Crippen LogP contribution >= 0.6 is 0 Å². The molecule has 0 saturated carbocycles. The lowest BCUT2D eigenvalue weighted by molar-refractivity contribution is 0.00465. The van der Waals surface area contributed by atoms with Crippen LogP contribution < -0.4 is 10.1 Å². The number of hydrogen-bond acceptors (Lipinski definition) is 5. The Morgan fingerprint density at radius 3 is 2.79 bits per heavy atom. The predicted molar refractivity (Wildman–Crippen MR) is 107 cm³/mol. The van der Waals surface area contributed by atoms with Crippen molar-refractivity contribution in [2.75, 3.05) is 46.0 Å². The minimum atomic E-state index is -0.527. The standard InChI is InChI=1S/C22H29FN2O3/c23-22-7-2-1-5-19(22)8-9-24-15-18-4-3-6-21(14-18)28-17-20(26)16-25-10-12-27-13-11-25/h1-7,14,20,24,26H,8-13,15-17H2/t20-/m1/s1. The summed E-state index contributed by atoms with van der Waals surface area (Å²) in [5.41, 5.74) is 1.81. The molecule has 0 aliphatic carbocycles. The second kappa shape index (κ2) is 11.1. The lowest BCUT2D eigenvalue weighted by Gasteiger charge is -2.28. The third-order valence-corrected chi connectivity index (χ3v) is 4.77. The highest BCUT2D eigenvalue weighted by molar-refractivity contribution is 5.28. The van der Waals surface area contributed by atoms with Gasteiger partial charge in [0.1, 0.15) is 24.3 Å². The van der Waals surface area contributed by atoms with Crippen molar-refractivity contribution in [3.63, 3.8) is 0 Å². The molecule has 3 rings (SSSR count). The fraction of sp³-hybridized carbons (Fsp3) is 0.455. The van der Waals surface area contributed by atoms with E-state index >= 15 is 0 Å². The number of hydrogen-bond donors (Lipinski definition) is 2. The van der Waals surface area contributed by atoms with E-state index in [4.69, 9.17) is 9.47 Å². The number of aliphatic hydroxyl groups excluding tert-OH is 1. The zero-order valence-corrected chi connectivity index (χ0v) is 16.1. The number of ether oxygens (including phenoxy) is 2. The summed E-state index contributed by atoms with van der Waals surface area (Å²) in [5, 5.41) is 13.5. The third kappa shape index (κ3) is 6.87. The first-order valence-corrected chi connectivity index (χ1v) is 9.85. The average Bonchev–Trinajstić information content (AvgIpc) is 2.72. The van der Waals surface area contributed by atoms with Crippen molar-refractivity contribution in [2.24, 2.45) is 0 Å². The Bertz CT molecular complexity index is 722. The van der Waals surface area contributed by atoms with Gasteiger partial charge < -0.3 is 19.9 Å². The van der Waals surface area contributed by atoms with Crippen LogP contribution in [0.25, 0.3) is 0 Å². The maximum Gasteiger partial charge on any atom is 0.126 e. The molecule has 1 heterocycles. The van der Waals surface area contributed by atoms with Crippen LogP contribution in [0.15, 0.2) is 48.5 Å². The lowest BCUT2D eigenvalue weighted by Crippen LogP contribution is -2.42. The molecule has 1 atom stereocenters. The minimum Gasteiger partial charge on any atom is -0.491 e. The highest BCUT2D eigenvalue weighted by Gasteiger charge is 2.15. The summed E-state index contributed by atoms with van der Waals surface area (Å²) in [4.78, 5) is 2.19. The molecule has 0 aromatic heterocycles. The predicted octanol–water partition coefficient (Wildman–Crippen LogP) is 2.23. The van der Waals surface area contributed by atoms with E-state index in [-0.39, 0.29) is 12.4 Å². The number of morpholine rings is 1. The first-order valence-electron chi connectivity index (χ1n) is 9.85. The molecule has 28 heavy (non-hydrogen) atoms. The Hall–Kier alpha value is -1.99. The van der Waals surface area contributed by atoms with E-state index in [0.717, 1.165) is 43.2 Å². The van der Waals surface area contributed by atoms with Gasteiger partial charge in [-0.3, -0.25) is 4.90 Å². The molecular formula is C22H29FN2O3. The van der Waals surface area contributed by atoms with Gasteiger partial charge in [0.25, 0.3) is 0 Å². The van der Waals surface area contributed by atoms with Gasteiger partial charge in [0.2, 0.25) is 0 Å². The molecule has 0 amide bonds. The topological polar surface area (TPSA) is 54.0 Å². The molecule has 1 fully saturated rings. The second-order valence-corrected chi connectivity index (χ2v) is 7.04. The van der Waals surface area contributed by atoms with Crippen molar-refractivity contribution < 1.29 is 19.0 Å². The van der Waals surface area contributed by atoms with E-state index in [2.05, 4.69) is 10.2 Å². The van der Waals surface area contributed by atoms with Crippen LogP contribution in [0, 0.1) is 5.82 Å². The molecule has 0 radical (unpaired) electrons. The molecule has 1 saturated heterocycles. The fourth-order valence-corrected chi connectivity index (χ4v) is 3.23. The molecule has 1 aliphatic rings. The van der Waals surface area contributed by atoms with Crippen LogP contribution in [-0.4, -0.2) is 62.1 Å². The largest absolute Gasteiger partial charge is 0.491 e. The number of nitrogens with zero attached hydrogens (tertiary/aromatic N) is 1. The first-order chi connectivity index (χ1) is 13.7. The molecule has 0 unspecified atom stereocenters. The molecule has 1 aliphatic heterocycles. The highest BCUT2D eigenvalue weighted by Crippen LogP contribution is 2.14. The number of halogens is 1. The van der Waals surface area contributed by atoms with Gasteiger partial charge in [-0.15, -0.1) is 0 Å². The van der Waals surface area contributed by atoms with Gasteiger partial charge in [0.15, 0.2) is 0 Å². The molecule has 2 aromatic rings. The molecule has 2 aromatic carbocycles. The van der Waals surface area contributed by atoms with Gasteiger partial charge in [-0.05, 0) is 42.3 Å². The van der Waals surface area contributed by atoms with Crippen molar-refractivity contribution in [1.82, 2.24) is 10.2 Å². The number of nitrogens with one attached hydrogen (secondary N) is 1. The Labute approximate surface area is 166 Å². The van der Waals surface area contributed by atoms with Gasteiger partial charge in [0, 0.05) is 26.2 Å². The van der Waals surface area contributed by atoms with Crippen LogP contribution in [0.4, 0.5) is 4.39 Å². The zero-order valence-electron chi connectivity index (χ0n) is 16.1. The molecule has 5 nitrogen and oxygen atoms in total. The van der Waals surface area contributed by atoms with Crippen LogP contribution in [0.5, 0.6) is 5.75 Å². The molecule has 2 N–H and O–H groups in total. The van der Waals surface area contributed by atoms with Crippen LogP contribution in [0.1, 0.15) is 11.1 Å². The average molecular weight is 388 g/mol. The molecule has 0 bridgehead atoms. The van der Waals surface area contributed by atoms with Gasteiger partial charge >= 0.3 is 0 Å². The van der Waals surface area contributed by atoms with Gasteiger partial charge in [0.05, 0.1) is 13.2 Å². The number of benzene rings is 2. The molecule has 6 heteroatoms. The SMILES string of the molecule is O[C@@H](COc1cccc(CNCCc2ccccc2F)c1)CN1CCOCC1. The highest BCUT2D eigenvalue weighted by atomic mass is 19.1. The fourth-order valence-electron chi connectivity index (χ4n) is 3.23. The van der Waals surface area contributed by atoms with Crippen LogP contribution in [0.2, 0.25) is 0 Å². The summed E-state index contributed by atoms with van der Waals surface area (Å²) in [6.07, 6.45) is 0.122. The van der Waals surface area contributed by atoms with E-state index in [1.54, 1.807) is 6.07 Å². The Balaban J connectivity index is 1.37. The lowest BCUT2D eigenvalue weighted by atomic mass is 10.1. The van der Waals surface area contributed by atoms with Crippen molar-refractivity contribution in [2.45, 2.75) is 19.1 Å². The van der Waals surface area contributed by atoms with Crippen LogP contribution in [-0.2, 0) is 17.7 Å². The van der Waals surface area contributed by atoms with Gasteiger partial charge in [-0.25, -0.2) is 4.39 Å². The Kier molecular flexibility index (Phi) is 8.23. The summed E-state index contributed by atoms with van der Waals surface area (Å²) in [6, 6.07) is 14.7. The molecule has 0 spiro atoms. The summed E-state index contributed by atoms with van der Waals surface area (Å²) in [5.74, 6) is 0.588. The van der Waals surface area contributed by atoms with Crippen molar-refractivity contribution in [3.8, 4) is 5.75 Å². The second-order valence-electron chi connectivity index (χ2n) is 7.04. The monoisotopic (exact) mass is 388 g/mol. The van der Waals surface area contributed by atoms with Gasteiger partial charge in [-0.2, -0.15) is 0 Å². The Morgan fingerprint density at radius 2 is 1.96 bits per heavy atom. The van der Waals surface area contributed by atoms with E-state index in [9.17, 15) is 9.50 Å². The summed E-state index contributed by atoms with van der Waals surface area (Å²) >= 11 is 0. The molecular weight excluding hydrogens is 359 g/mol. The minimum absolute atomic E-state index is 0.157. The number of rotatable bonds is 10. The maximum atomic E-state index is 13.6. The van der Waals surface area contributed by atoms with Crippen molar-refractivity contribution in [3.05, 3.63) is 65.5 Å². The maximum absolute atomic E-state index is 13.6. The third-order valence-electron chi connectivity index (χ3n) is 4.77. The summed E-state index contributed by atoms with van der Waals surface area (Å²) < 4.78 is 24.7. The summed E-state index contributed by atoms with van der Waals surface area (Å²) in [7, 11) is 0. The smallest absolute Gasteiger partial charge is 0.126 e. The van der Waals surface area contributed by atoms with Gasteiger partial charge in [-0.1, -0.05) is 30.3 Å². The van der Waals surface area contributed by atoms with Crippen molar-refractivity contribution >= 4 is 0 Å². The zero-order chi connectivity index (χ0) is 19.6. The summed E-state index contributed by atoms with van der Waals surface area (Å²) in [6.45, 7) is 5.39. The first kappa shape index (κ1) is 20.7. The van der Waals surface area contributed by atoms with E-state index in [1.165, 1.54) is 6.07 Å². The quantitative estimate of drug-likeness (QED) is 0.612. The van der Waals surface area contributed by atoms with Crippen LogP contribution in [0.3, 0.4) is 0 Å².